The molecule has 114 valence electrons. The van der Waals surface area contributed by atoms with Crippen LogP contribution >= 0.6 is 0 Å². The summed E-state index contributed by atoms with van der Waals surface area (Å²) >= 11 is 0. The summed E-state index contributed by atoms with van der Waals surface area (Å²) in [4.78, 5) is 0. The van der Waals surface area contributed by atoms with Crippen molar-refractivity contribution < 1.29 is 9.47 Å². The maximum absolute atomic E-state index is 5.90. The molecule has 2 N–H and O–H groups in total. The lowest BCUT2D eigenvalue weighted by atomic mass is 10.2. The molecular weight excluding hydrogens is 276 g/mol. The minimum absolute atomic E-state index is 0.510. The third-order valence-corrected chi connectivity index (χ3v) is 3.76. The number of nitrogens with two attached hydrogens (primary N) is 1. The molecule has 0 saturated carbocycles. The Labute approximate surface area is 130 Å². The molecule has 0 aliphatic carbocycles. The number of rotatable bonds is 5. The lowest BCUT2D eigenvalue weighted by Crippen LogP contribution is -2.04. The number of benzene rings is 2. The molecule has 0 fully saturated rings. The van der Waals surface area contributed by atoms with Gasteiger partial charge in [-0.25, -0.2) is 0 Å². The maximum Gasteiger partial charge on any atom is 0.128 e. The fourth-order valence-electron chi connectivity index (χ4n) is 2.69. The van der Waals surface area contributed by atoms with Crippen LogP contribution in [-0.4, -0.2) is 11.7 Å². The van der Waals surface area contributed by atoms with E-state index in [0.717, 1.165) is 34.8 Å². The van der Waals surface area contributed by atoms with Crippen LogP contribution in [0, 0.1) is 0 Å². The Morgan fingerprint density at radius 2 is 1.86 bits per heavy atom. The molecule has 0 bridgehead atoms. The minimum atomic E-state index is 0.510. The Morgan fingerprint density at radius 1 is 1.05 bits per heavy atom. The molecule has 3 aromatic rings. The first-order valence-corrected chi connectivity index (χ1v) is 7.35. The zero-order valence-corrected chi connectivity index (χ0v) is 12.9. The van der Waals surface area contributed by atoms with Gasteiger partial charge in [0, 0.05) is 29.2 Å². The first-order valence-electron chi connectivity index (χ1n) is 7.35. The molecule has 0 saturated heterocycles. The lowest BCUT2D eigenvalue weighted by molar-refractivity contribution is 0.294. The molecule has 0 atom stereocenters. The smallest absolute Gasteiger partial charge is 0.128 e. The van der Waals surface area contributed by atoms with Gasteiger partial charge in [-0.2, -0.15) is 0 Å². The summed E-state index contributed by atoms with van der Waals surface area (Å²) in [5.74, 6) is 1.59. The molecule has 2 aromatic carbocycles. The van der Waals surface area contributed by atoms with Crippen LogP contribution in [0.5, 0.6) is 11.5 Å². The SMILES string of the molecule is CCn1c(COc2cccc(OC)c2)cc2cc(N)ccc21. The van der Waals surface area contributed by atoms with Crippen LogP contribution in [-0.2, 0) is 13.2 Å². The van der Waals surface area contributed by atoms with E-state index in [4.69, 9.17) is 15.2 Å². The molecule has 1 heterocycles. The molecule has 0 aliphatic heterocycles. The van der Waals surface area contributed by atoms with Crippen LogP contribution < -0.4 is 15.2 Å². The van der Waals surface area contributed by atoms with Crippen molar-refractivity contribution in [2.75, 3.05) is 12.8 Å². The van der Waals surface area contributed by atoms with Crippen LogP contribution in [0.15, 0.2) is 48.5 Å². The number of aryl methyl sites for hydroxylation is 1. The summed E-state index contributed by atoms with van der Waals surface area (Å²) in [7, 11) is 1.65. The van der Waals surface area contributed by atoms with Gasteiger partial charge in [0.1, 0.15) is 18.1 Å². The van der Waals surface area contributed by atoms with Gasteiger partial charge < -0.3 is 19.8 Å². The molecular formula is C18H20N2O2. The van der Waals surface area contributed by atoms with Crippen molar-refractivity contribution in [3.63, 3.8) is 0 Å². The van der Waals surface area contributed by atoms with Crippen molar-refractivity contribution in [3.05, 3.63) is 54.2 Å². The van der Waals surface area contributed by atoms with E-state index in [9.17, 15) is 0 Å². The Bertz CT molecular complexity index is 793. The van der Waals surface area contributed by atoms with E-state index in [0.29, 0.717) is 6.61 Å². The number of hydrogen-bond acceptors (Lipinski definition) is 3. The molecule has 4 nitrogen and oxygen atoms in total. The third-order valence-electron chi connectivity index (χ3n) is 3.76. The van der Waals surface area contributed by atoms with Crippen molar-refractivity contribution >= 4 is 16.6 Å². The lowest BCUT2D eigenvalue weighted by Gasteiger charge is -2.10. The van der Waals surface area contributed by atoms with Gasteiger partial charge in [0.05, 0.1) is 12.8 Å². The largest absolute Gasteiger partial charge is 0.497 e. The summed E-state index contributed by atoms with van der Waals surface area (Å²) in [5.41, 5.74) is 8.96. The fourth-order valence-corrected chi connectivity index (χ4v) is 2.69. The Hall–Kier alpha value is -2.62. The second-order valence-electron chi connectivity index (χ2n) is 5.17. The van der Waals surface area contributed by atoms with Gasteiger partial charge in [-0.15, -0.1) is 0 Å². The van der Waals surface area contributed by atoms with E-state index in [1.165, 1.54) is 5.52 Å². The van der Waals surface area contributed by atoms with E-state index < -0.39 is 0 Å². The highest BCUT2D eigenvalue weighted by atomic mass is 16.5. The van der Waals surface area contributed by atoms with Gasteiger partial charge in [0.15, 0.2) is 0 Å². The zero-order chi connectivity index (χ0) is 15.5. The summed E-state index contributed by atoms with van der Waals surface area (Å²) < 4.78 is 13.4. The molecule has 0 aliphatic rings. The van der Waals surface area contributed by atoms with Crippen LogP contribution in [0.1, 0.15) is 12.6 Å². The molecule has 0 spiro atoms. The second kappa shape index (κ2) is 6.02. The fraction of sp³-hybridized carbons (Fsp3) is 0.222. The summed E-state index contributed by atoms with van der Waals surface area (Å²) in [6.07, 6.45) is 0. The summed E-state index contributed by atoms with van der Waals surface area (Å²) in [6.45, 7) is 3.53. The normalized spacial score (nSPS) is 10.8. The van der Waals surface area contributed by atoms with Gasteiger partial charge in [0.25, 0.3) is 0 Å². The number of aromatic nitrogens is 1. The quantitative estimate of drug-likeness (QED) is 0.728. The number of methoxy groups -OCH3 is 1. The highest BCUT2D eigenvalue weighted by molar-refractivity contribution is 5.84. The van der Waals surface area contributed by atoms with E-state index in [1.54, 1.807) is 7.11 Å². The van der Waals surface area contributed by atoms with E-state index in [2.05, 4.69) is 23.6 Å². The third kappa shape index (κ3) is 2.72. The average molecular weight is 296 g/mol. The molecule has 0 amide bonds. The van der Waals surface area contributed by atoms with Gasteiger partial charge >= 0.3 is 0 Å². The standard InChI is InChI=1S/C18H20N2O2/c1-3-20-15(10-13-9-14(19)7-8-18(13)20)12-22-17-6-4-5-16(11-17)21-2/h4-11H,3,12,19H2,1-2H3. The number of fused-ring (bicyclic) bond motifs is 1. The molecule has 0 unspecified atom stereocenters. The maximum atomic E-state index is 5.90. The first-order chi connectivity index (χ1) is 10.7. The van der Waals surface area contributed by atoms with Gasteiger partial charge in [-0.05, 0) is 43.3 Å². The number of nitrogen functional groups attached to an aromatic ring is 1. The molecule has 4 heteroatoms. The highest BCUT2D eigenvalue weighted by Gasteiger charge is 2.08. The van der Waals surface area contributed by atoms with Crippen LogP contribution in [0.4, 0.5) is 5.69 Å². The number of nitrogens with zero attached hydrogens (tertiary/aromatic N) is 1. The first kappa shape index (κ1) is 14.3. The number of anilines is 1. The predicted octanol–water partition coefficient (Wildman–Crippen LogP) is 3.83. The monoisotopic (exact) mass is 296 g/mol. The topological polar surface area (TPSA) is 49.4 Å². The van der Waals surface area contributed by atoms with Gasteiger partial charge in [-0.3, -0.25) is 0 Å². The van der Waals surface area contributed by atoms with Crippen molar-refractivity contribution in [2.45, 2.75) is 20.1 Å². The van der Waals surface area contributed by atoms with E-state index in [-0.39, 0.29) is 0 Å². The van der Waals surface area contributed by atoms with Crippen LogP contribution in [0.3, 0.4) is 0 Å². The van der Waals surface area contributed by atoms with E-state index >= 15 is 0 Å². The zero-order valence-electron chi connectivity index (χ0n) is 12.9. The van der Waals surface area contributed by atoms with Gasteiger partial charge in [-0.1, -0.05) is 6.07 Å². The predicted molar refractivity (Wildman–Crippen MR) is 89.4 cm³/mol. The molecule has 3 rings (SSSR count). The highest BCUT2D eigenvalue weighted by Crippen LogP contribution is 2.24. The van der Waals surface area contributed by atoms with Crippen LogP contribution in [0.25, 0.3) is 10.9 Å². The van der Waals surface area contributed by atoms with Crippen molar-refractivity contribution in [3.8, 4) is 11.5 Å². The van der Waals surface area contributed by atoms with Gasteiger partial charge in [0.2, 0.25) is 0 Å². The molecule has 22 heavy (non-hydrogen) atoms. The minimum Gasteiger partial charge on any atom is -0.497 e. The summed E-state index contributed by atoms with van der Waals surface area (Å²) in [6, 6.07) is 15.8. The Morgan fingerprint density at radius 3 is 2.64 bits per heavy atom. The van der Waals surface area contributed by atoms with Crippen molar-refractivity contribution in [1.29, 1.82) is 0 Å². The number of ether oxygens (including phenoxy) is 2. The molecule has 0 radical (unpaired) electrons. The number of hydrogen-bond donors (Lipinski definition) is 1. The average Bonchev–Trinajstić information content (AvgIpc) is 2.89. The van der Waals surface area contributed by atoms with Crippen molar-refractivity contribution in [2.24, 2.45) is 0 Å². The van der Waals surface area contributed by atoms with Crippen molar-refractivity contribution in [1.82, 2.24) is 4.57 Å². The molecule has 1 aromatic heterocycles. The summed E-state index contributed by atoms with van der Waals surface area (Å²) in [5, 5.41) is 1.14. The van der Waals surface area contributed by atoms with Crippen LogP contribution in [0.2, 0.25) is 0 Å². The second-order valence-corrected chi connectivity index (χ2v) is 5.17. The Kier molecular flexibility index (Phi) is 3.92. The Balaban J connectivity index is 1.86. The van der Waals surface area contributed by atoms with E-state index in [1.807, 2.05) is 36.4 Å².